The third-order valence-corrected chi connectivity index (χ3v) is 9.36. The van der Waals surface area contributed by atoms with E-state index in [1.165, 1.54) is 11.1 Å². The van der Waals surface area contributed by atoms with Gasteiger partial charge in [-0.25, -0.2) is 0 Å². The minimum atomic E-state index is 0.544. The Kier molecular flexibility index (Phi) is 6.67. The molecule has 48 heavy (non-hydrogen) atoms. The van der Waals surface area contributed by atoms with Crippen LogP contribution in [0.5, 0.6) is 0 Å². The average Bonchev–Trinajstić information content (AvgIpc) is 3.37. The number of rotatable bonds is 4. The van der Waals surface area contributed by atoms with Gasteiger partial charge in [-0.3, -0.25) is 9.97 Å². The van der Waals surface area contributed by atoms with Gasteiger partial charge in [0.15, 0.2) is 0 Å². The number of nitriles is 1. The SMILES string of the molecule is N#Cc1ccc2c(c1)c1ccccc1n2-c1ccc2c(c1)-c1cc(-c3cc(-c4ccncc4)cc(-c4ccncc4)c3)ccc1COC2. The van der Waals surface area contributed by atoms with Crippen molar-refractivity contribution in [2.75, 3.05) is 0 Å². The molecule has 226 valence electrons. The maximum atomic E-state index is 9.62. The van der Waals surface area contributed by atoms with E-state index < -0.39 is 0 Å². The van der Waals surface area contributed by atoms with Gasteiger partial charge in [-0.15, -0.1) is 0 Å². The summed E-state index contributed by atoms with van der Waals surface area (Å²) >= 11 is 0. The second-order valence-electron chi connectivity index (χ2n) is 12.2. The fraction of sp³-hybridized carbons (Fsp3) is 0.0465. The molecule has 0 atom stereocenters. The molecule has 5 aromatic carbocycles. The predicted molar refractivity (Wildman–Crippen MR) is 191 cm³/mol. The third kappa shape index (κ3) is 4.75. The zero-order valence-corrected chi connectivity index (χ0v) is 26.0. The van der Waals surface area contributed by atoms with Gasteiger partial charge in [0.1, 0.15) is 0 Å². The molecule has 0 fully saturated rings. The van der Waals surface area contributed by atoms with E-state index >= 15 is 0 Å². The first-order valence-electron chi connectivity index (χ1n) is 16.0. The predicted octanol–water partition coefficient (Wildman–Crippen LogP) is 10.1. The Balaban J connectivity index is 1.23. The van der Waals surface area contributed by atoms with Crippen molar-refractivity contribution in [1.82, 2.24) is 14.5 Å². The van der Waals surface area contributed by atoms with Crippen LogP contribution in [-0.2, 0) is 18.0 Å². The van der Waals surface area contributed by atoms with Crippen molar-refractivity contribution in [2.24, 2.45) is 0 Å². The molecule has 4 heterocycles. The topological polar surface area (TPSA) is 63.7 Å². The summed E-state index contributed by atoms with van der Waals surface area (Å²) in [6, 6.07) is 45.1. The molecule has 1 aliphatic heterocycles. The van der Waals surface area contributed by atoms with Crippen molar-refractivity contribution < 1.29 is 4.74 Å². The van der Waals surface area contributed by atoms with E-state index in [1.54, 1.807) is 0 Å². The van der Waals surface area contributed by atoms with Gasteiger partial charge in [0, 0.05) is 41.2 Å². The van der Waals surface area contributed by atoms with E-state index in [4.69, 9.17) is 4.74 Å². The number of nitrogens with zero attached hydrogens (tertiary/aromatic N) is 4. The van der Waals surface area contributed by atoms with Gasteiger partial charge in [0.2, 0.25) is 0 Å². The summed E-state index contributed by atoms with van der Waals surface area (Å²) in [5, 5.41) is 11.8. The lowest BCUT2D eigenvalue weighted by Gasteiger charge is -2.16. The minimum Gasteiger partial charge on any atom is -0.372 e. The van der Waals surface area contributed by atoms with Crippen LogP contribution >= 0.6 is 0 Å². The quantitative estimate of drug-likeness (QED) is 0.197. The van der Waals surface area contributed by atoms with Crippen molar-refractivity contribution in [3.8, 4) is 56.3 Å². The molecule has 0 radical (unpaired) electrons. The second-order valence-corrected chi connectivity index (χ2v) is 12.2. The lowest BCUT2D eigenvalue weighted by molar-refractivity contribution is 0.110. The number of ether oxygens (including phenoxy) is 1. The van der Waals surface area contributed by atoms with Crippen molar-refractivity contribution in [2.45, 2.75) is 13.2 Å². The Labute approximate surface area is 278 Å². The molecule has 0 saturated heterocycles. The highest BCUT2D eigenvalue weighted by molar-refractivity contribution is 6.09. The number of hydrogen-bond donors (Lipinski definition) is 0. The van der Waals surface area contributed by atoms with E-state index in [2.05, 4.69) is 130 Å². The Morgan fingerprint density at radius 1 is 0.521 bits per heavy atom. The highest BCUT2D eigenvalue weighted by atomic mass is 16.5. The van der Waals surface area contributed by atoms with Crippen molar-refractivity contribution >= 4 is 21.8 Å². The van der Waals surface area contributed by atoms with Gasteiger partial charge >= 0.3 is 0 Å². The van der Waals surface area contributed by atoms with Gasteiger partial charge in [-0.1, -0.05) is 36.4 Å². The van der Waals surface area contributed by atoms with Gasteiger partial charge in [-0.2, -0.15) is 5.26 Å². The van der Waals surface area contributed by atoms with Gasteiger partial charge in [0.05, 0.1) is 35.9 Å². The average molecular weight is 617 g/mol. The highest BCUT2D eigenvalue weighted by Gasteiger charge is 2.19. The van der Waals surface area contributed by atoms with Gasteiger partial charge < -0.3 is 9.30 Å². The highest BCUT2D eigenvalue weighted by Crippen LogP contribution is 2.40. The number of pyridine rings is 2. The number of hydrogen-bond acceptors (Lipinski definition) is 4. The van der Waals surface area contributed by atoms with Crippen LogP contribution in [0.3, 0.4) is 0 Å². The van der Waals surface area contributed by atoms with Gasteiger partial charge in [-0.05, 0) is 141 Å². The lowest BCUT2D eigenvalue weighted by atomic mass is 9.90. The molecule has 0 saturated carbocycles. The first-order chi connectivity index (χ1) is 23.7. The first kappa shape index (κ1) is 27.9. The summed E-state index contributed by atoms with van der Waals surface area (Å²) < 4.78 is 8.50. The molecule has 0 unspecified atom stereocenters. The molecule has 1 aliphatic rings. The fourth-order valence-corrected chi connectivity index (χ4v) is 7.02. The Bertz CT molecular complexity index is 2490. The van der Waals surface area contributed by atoms with Crippen LogP contribution in [0.15, 0.2) is 146 Å². The van der Waals surface area contributed by atoms with Crippen LogP contribution in [-0.4, -0.2) is 14.5 Å². The molecular formula is C43H28N4O. The lowest BCUT2D eigenvalue weighted by Crippen LogP contribution is -1.97. The number of fused-ring (bicyclic) bond motifs is 6. The minimum absolute atomic E-state index is 0.544. The Morgan fingerprint density at radius 2 is 1.12 bits per heavy atom. The smallest absolute Gasteiger partial charge is 0.0991 e. The summed E-state index contributed by atoms with van der Waals surface area (Å²) in [5.41, 5.74) is 15.4. The number of aromatic nitrogens is 3. The van der Waals surface area contributed by atoms with Crippen LogP contribution < -0.4 is 0 Å². The van der Waals surface area contributed by atoms with Crippen molar-refractivity contribution in [3.63, 3.8) is 0 Å². The third-order valence-electron chi connectivity index (χ3n) is 9.36. The number of benzene rings is 5. The Morgan fingerprint density at radius 3 is 1.81 bits per heavy atom. The van der Waals surface area contributed by atoms with Crippen LogP contribution in [0.25, 0.3) is 72.0 Å². The Hall–Kier alpha value is -6.35. The molecule has 5 nitrogen and oxygen atoms in total. The standard InChI is InChI=1S/C43H28N4O/c44-25-28-5-10-43-41(19-28)38-3-1-2-4-42(38)47(43)37-9-8-33-27-48-26-32-7-6-31(23-39(32)40(33)24-37)36-21-34(29-11-15-45-16-12-29)20-35(22-36)30-13-17-46-18-14-30/h1-24H,26-27H2. The van der Waals surface area contributed by atoms with E-state index in [0.29, 0.717) is 18.8 Å². The normalized spacial score (nSPS) is 12.3. The van der Waals surface area contributed by atoms with Crippen LogP contribution in [0.2, 0.25) is 0 Å². The largest absolute Gasteiger partial charge is 0.372 e. The zero-order valence-electron chi connectivity index (χ0n) is 26.0. The summed E-state index contributed by atoms with van der Waals surface area (Å²) in [6.45, 7) is 1.09. The molecule has 9 rings (SSSR count). The van der Waals surface area contributed by atoms with E-state index in [9.17, 15) is 5.26 Å². The fourth-order valence-electron chi connectivity index (χ4n) is 7.02. The molecule has 8 aromatic rings. The molecule has 0 aliphatic carbocycles. The summed E-state index contributed by atoms with van der Waals surface area (Å²) in [7, 11) is 0. The molecular weight excluding hydrogens is 589 g/mol. The van der Waals surface area contributed by atoms with Crippen molar-refractivity contribution in [1.29, 1.82) is 5.26 Å². The van der Waals surface area contributed by atoms with Gasteiger partial charge in [0.25, 0.3) is 0 Å². The molecule has 0 bridgehead atoms. The summed E-state index contributed by atoms with van der Waals surface area (Å²) in [6.07, 6.45) is 7.35. The van der Waals surface area contributed by atoms with E-state index in [-0.39, 0.29) is 0 Å². The molecule has 0 spiro atoms. The monoisotopic (exact) mass is 616 g/mol. The molecule has 5 heteroatoms. The van der Waals surface area contributed by atoms with Crippen molar-refractivity contribution in [3.05, 3.63) is 163 Å². The maximum Gasteiger partial charge on any atom is 0.0991 e. The van der Waals surface area contributed by atoms with E-state index in [0.717, 1.165) is 72.0 Å². The summed E-state index contributed by atoms with van der Waals surface area (Å²) in [5.74, 6) is 0. The summed E-state index contributed by atoms with van der Waals surface area (Å²) in [4.78, 5) is 8.48. The van der Waals surface area contributed by atoms with Crippen LogP contribution in [0.1, 0.15) is 16.7 Å². The number of para-hydroxylation sites is 1. The maximum absolute atomic E-state index is 9.62. The molecule has 0 N–H and O–H groups in total. The van der Waals surface area contributed by atoms with Crippen LogP contribution in [0.4, 0.5) is 0 Å². The first-order valence-corrected chi connectivity index (χ1v) is 16.0. The zero-order chi connectivity index (χ0) is 32.0. The van der Waals surface area contributed by atoms with Crippen LogP contribution in [0, 0.1) is 11.3 Å². The second kappa shape index (κ2) is 11.5. The molecule has 3 aromatic heterocycles. The van der Waals surface area contributed by atoms with E-state index in [1.807, 2.05) is 36.9 Å². The molecule has 0 amide bonds.